The molecule has 0 radical (unpaired) electrons. The SMILES string of the molecule is CCC(CCNc1ccnc2cc(I)ccc12)CNCc1ccccc1O. The van der Waals surface area contributed by atoms with Crippen molar-refractivity contribution in [2.24, 2.45) is 5.92 Å². The van der Waals surface area contributed by atoms with Crippen LogP contribution in [0.3, 0.4) is 0 Å². The number of aromatic nitrogens is 1. The highest BCUT2D eigenvalue weighted by atomic mass is 127. The quantitative estimate of drug-likeness (QED) is 0.374. The zero-order valence-electron chi connectivity index (χ0n) is 15.6. The molecule has 0 aliphatic heterocycles. The molecule has 4 nitrogen and oxygen atoms in total. The molecule has 0 amide bonds. The number of phenols is 1. The standard InChI is InChI=1S/C22H26IN3O/c1-2-16(14-24-15-17-5-3-4-6-22(17)27)9-11-25-20-10-12-26-21-13-18(23)7-8-19(20)21/h3-8,10,12-13,16,24,27H,2,9,11,14-15H2,1H3,(H,25,26). The molecule has 1 aromatic heterocycles. The molecule has 0 bridgehead atoms. The number of benzene rings is 2. The lowest BCUT2D eigenvalue weighted by molar-refractivity contribution is 0.432. The number of phenolic OH excluding ortho intramolecular Hbond substituents is 1. The van der Waals surface area contributed by atoms with Crippen LogP contribution in [0.25, 0.3) is 10.9 Å². The van der Waals surface area contributed by atoms with Crippen molar-refractivity contribution >= 4 is 39.2 Å². The molecule has 1 atom stereocenters. The minimum Gasteiger partial charge on any atom is -0.508 e. The highest BCUT2D eigenvalue weighted by molar-refractivity contribution is 14.1. The van der Waals surface area contributed by atoms with Crippen molar-refractivity contribution < 1.29 is 5.11 Å². The molecule has 3 rings (SSSR count). The number of pyridine rings is 1. The number of aromatic hydroxyl groups is 1. The third-order valence-electron chi connectivity index (χ3n) is 4.89. The van der Waals surface area contributed by atoms with Crippen LogP contribution in [0.2, 0.25) is 0 Å². The molecular formula is C22H26IN3O. The number of hydrogen-bond donors (Lipinski definition) is 3. The second-order valence-electron chi connectivity index (χ2n) is 6.77. The number of rotatable bonds is 9. The molecule has 0 saturated carbocycles. The van der Waals surface area contributed by atoms with Gasteiger partial charge in [0.1, 0.15) is 5.75 Å². The number of nitrogens with one attached hydrogen (secondary N) is 2. The number of nitrogens with zero attached hydrogens (tertiary/aromatic N) is 1. The summed E-state index contributed by atoms with van der Waals surface area (Å²) in [4.78, 5) is 4.46. The first-order valence-electron chi connectivity index (χ1n) is 9.43. The smallest absolute Gasteiger partial charge is 0.120 e. The van der Waals surface area contributed by atoms with Gasteiger partial charge in [-0.2, -0.15) is 0 Å². The Labute approximate surface area is 174 Å². The Balaban J connectivity index is 1.49. The zero-order chi connectivity index (χ0) is 19.1. The van der Waals surface area contributed by atoms with Crippen LogP contribution in [0.4, 0.5) is 5.69 Å². The van der Waals surface area contributed by atoms with Crippen molar-refractivity contribution in [3.63, 3.8) is 0 Å². The van der Waals surface area contributed by atoms with E-state index in [1.807, 2.05) is 30.5 Å². The van der Waals surface area contributed by atoms with Crippen LogP contribution in [0.5, 0.6) is 5.75 Å². The van der Waals surface area contributed by atoms with Crippen LogP contribution in [-0.2, 0) is 6.54 Å². The van der Waals surface area contributed by atoms with Gasteiger partial charge in [0.25, 0.3) is 0 Å². The third-order valence-corrected chi connectivity index (χ3v) is 5.56. The Bertz CT molecular complexity index is 884. The highest BCUT2D eigenvalue weighted by Crippen LogP contribution is 2.23. The summed E-state index contributed by atoms with van der Waals surface area (Å²) in [5.74, 6) is 0.955. The first-order chi connectivity index (χ1) is 13.2. The van der Waals surface area contributed by atoms with Crippen LogP contribution >= 0.6 is 22.6 Å². The predicted octanol–water partition coefficient (Wildman–Crippen LogP) is 5.16. The molecule has 1 unspecified atom stereocenters. The first kappa shape index (κ1) is 19.9. The summed E-state index contributed by atoms with van der Waals surface area (Å²) >= 11 is 2.32. The van der Waals surface area contributed by atoms with Crippen LogP contribution in [0.1, 0.15) is 25.3 Å². The lowest BCUT2D eigenvalue weighted by Gasteiger charge is -2.17. The van der Waals surface area contributed by atoms with Gasteiger partial charge in [0.2, 0.25) is 0 Å². The van der Waals surface area contributed by atoms with Crippen LogP contribution < -0.4 is 10.6 Å². The molecule has 0 saturated heterocycles. The summed E-state index contributed by atoms with van der Waals surface area (Å²) < 4.78 is 1.20. The first-order valence-corrected chi connectivity index (χ1v) is 10.5. The number of hydrogen-bond acceptors (Lipinski definition) is 4. The summed E-state index contributed by atoms with van der Waals surface area (Å²) in [5, 5.41) is 18.1. The van der Waals surface area contributed by atoms with Gasteiger partial charge in [-0.25, -0.2) is 0 Å². The summed E-state index contributed by atoms with van der Waals surface area (Å²) in [6.07, 6.45) is 4.09. The lowest BCUT2D eigenvalue weighted by Crippen LogP contribution is -2.24. The molecule has 0 spiro atoms. The van der Waals surface area contributed by atoms with Gasteiger partial charge < -0.3 is 15.7 Å². The van der Waals surface area contributed by atoms with Crippen LogP contribution in [-0.4, -0.2) is 23.2 Å². The van der Waals surface area contributed by atoms with Gasteiger partial charge in [-0.05, 0) is 71.8 Å². The Morgan fingerprint density at radius 2 is 2.00 bits per heavy atom. The Hall–Kier alpha value is -1.86. The maximum Gasteiger partial charge on any atom is 0.120 e. The molecule has 0 aliphatic rings. The number of fused-ring (bicyclic) bond motifs is 1. The Morgan fingerprint density at radius 1 is 1.15 bits per heavy atom. The lowest BCUT2D eigenvalue weighted by atomic mass is 10.0. The van der Waals surface area contributed by atoms with Crippen LogP contribution in [0.15, 0.2) is 54.7 Å². The van der Waals surface area contributed by atoms with E-state index in [0.29, 0.717) is 18.2 Å². The van der Waals surface area contributed by atoms with E-state index in [9.17, 15) is 5.11 Å². The minimum atomic E-state index is 0.360. The minimum absolute atomic E-state index is 0.360. The Morgan fingerprint density at radius 3 is 2.81 bits per heavy atom. The van der Waals surface area contributed by atoms with E-state index in [1.165, 1.54) is 8.96 Å². The summed E-state index contributed by atoms with van der Waals surface area (Å²) in [6.45, 7) is 4.81. The average Bonchev–Trinajstić information content (AvgIpc) is 2.68. The second-order valence-corrected chi connectivity index (χ2v) is 8.01. The van der Waals surface area contributed by atoms with Gasteiger partial charge in [0.05, 0.1) is 5.52 Å². The number of para-hydroxylation sites is 1. The largest absolute Gasteiger partial charge is 0.508 e. The molecule has 3 aromatic rings. The normalized spacial score (nSPS) is 12.2. The van der Waals surface area contributed by atoms with E-state index in [4.69, 9.17) is 0 Å². The van der Waals surface area contributed by atoms with Crippen molar-refractivity contribution in [2.75, 3.05) is 18.4 Å². The van der Waals surface area contributed by atoms with E-state index in [1.54, 1.807) is 6.07 Å². The molecule has 1 heterocycles. The van der Waals surface area contributed by atoms with Gasteiger partial charge in [0, 0.05) is 39.5 Å². The third kappa shape index (κ3) is 5.56. The van der Waals surface area contributed by atoms with Crippen molar-refractivity contribution in [1.29, 1.82) is 0 Å². The van der Waals surface area contributed by atoms with Crippen molar-refractivity contribution in [3.05, 3.63) is 63.9 Å². The van der Waals surface area contributed by atoms with E-state index in [0.717, 1.165) is 42.7 Å². The summed E-state index contributed by atoms with van der Waals surface area (Å²) in [7, 11) is 0. The maximum absolute atomic E-state index is 9.85. The molecular weight excluding hydrogens is 449 g/mol. The average molecular weight is 475 g/mol. The molecule has 142 valence electrons. The van der Waals surface area contributed by atoms with E-state index >= 15 is 0 Å². The fourth-order valence-corrected chi connectivity index (χ4v) is 3.68. The van der Waals surface area contributed by atoms with Crippen molar-refractivity contribution in [1.82, 2.24) is 10.3 Å². The van der Waals surface area contributed by atoms with Crippen molar-refractivity contribution in [2.45, 2.75) is 26.3 Å². The monoisotopic (exact) mass is 475 g/mol. The van der Waals surface area contributed by atoms with E-state index < -0.39 is 0 Å². The van der Waals surface area contributed by atoms with Gasteiger partial charge in [0.15, 0.2) is 0 Å². The molecule has 0 fully saturated rings. The molecule has 27 heavy (non-hydrogen) atoms. The number of anilines is 1. The molecule has 3 N–H and O–H groups in total. The maximum atomic E-state index is 9.85. The zero-order valence-corrected chi connectivity index (χ0v) is 17.7. The Kier molecular flexibility index (Phi) is 7.29. The van der Waals surface area contributed by atoms with E-state index in [-0.39, 0.29) is 0 Å². The second kappa shape index (κ2) is 9.90. The topological polar surface area (TPSA) is 57.2 Å². The van der Waals surface area contributed by atoms with E-state index in [2.05, 4.69) is 63.3 Å². The fraction of sp³-hybridized carbons (Fsp3) is 0.318. The predicted molar refractivity (Wildman–Crippen MR) is 121 cm³/mol. The molecule has 0 aliphatic carbocycles. The van der Waals surface area contributed by atoms with Gasteiger partial charge >= 0.3 is 0 Å². The van der Waals surface area contributed by atoms with Crippen LogP contribution in [0, 0.1) is 9.49 Å². The summed E-state index contributed by atoms with van der Waals surface area (Å²) in [5.41, 5.74) is 3.13. The summed E-state index contributed by atoms with van der Waals surface area (Å²) in [6, 6.07) is 15.9. The van der Waals surface area contributed by atoms with Gasteiger partial charge in [-0.3, -0.25) is 4.98 Å². The molecule has 2 aromatic carbocycles. The highest BCUT2D eigenvalue weighted by Gasteiger charge is 2.08. The fourth-order valence-electron chi connectivity index (χ4n) is 3.21. The number of halogens is 1. The van der Waals surface area contributed by atoms with Gasteiger partial charge in [-0.1, -0.05) is 31.5 Å². The molecule has 5 heteroatoms. The van der Waals surface area contributed by atoms with Crippen molar-refractivity contribution in [3.8, 4) is 5.75 Å². The van der Waals surface area contributed by atoms with Gasteiger partial charge in [-0.15, -0.1) is 0 Å².